The van der Waals surface area contributed by atoms with Gasteiger partial charge in [-0.1, -0.05) is 0 Å². The van der Waals surface area contributed by atoms with Gasteiger partial charge in [0.2, 0.25) is 5.91 Å². The van der Waals surface area contributed by atoms with Gasteiger partial charge >= 0.3 is 11.9 Å². The van der Waals surface area contributed by atoms with Crippen molar-refractivity contribution in [3.05, 3.63) is 53.6 Å². The maximum Gasteiger partial charge on any atom is 0.337 e. The van der Waals surface area contributed by atoms with Crippen molar-refractivity contribution in [2.75, 3.05) is 26.6 Å². The number of esters is 2. The number of benzene rings is 2. The van der Waals surface area contributed by atoms with E-state index >= 15 is 0 Å². The molecule has 0 aromatic heterocycles. The Morgan fingerprint density at radius 2 is 1.43 bits per heavy atom. The Hall–Kier alpha value is -3.00. The van der Waals surface area contributed by atoms with Crippen molar-refractivity contribution in [3.8, 4) is 5.75 Å². The van der Waals surface area contributed by atoms with Crippen LogP contribution in [0.25, 0.3) is 0 Å². The van der Waals surface area contributed by atoms with Crippen molar-refractivity contribution in [1.29, 1.82) is 0 Å². The molecule has 2 aromatic carbocycles. The zero-order chi connectivity index (χ0) is 20.7. The van der Waals surface area contributed by atoms with Gasteiger partial charge in [0.1, 0.15) is 5.75 Å². The minimum Gasteiger partial charge on any atom is -0.497 e. The fourth-order valence-corrected chi connectivity index (χ4v) is 3.19. The van der Waals surface area contributed by atoms with Crippen molar-refractivity contribution in [2.24, 2.45) is 0 Å². The lowest BCUT2D eigenvalue weighted by molar-refractivity contribution is -0.115. The van der Waals surface area contributed by atoms with E-state index in [1.165, 1.54) is 44.2 Å². The average molecular weight is 403 g/mol. The summed E-state index contributed by atoms with van der Waals surface area (Å²) in [6.07, 6.45) is 0. The summed E-state index contributed by atoms with van der Waals surface area (Å²) in [6, 6.07) is 11.6. The van der Waals surface area contributed by atoms with Crippen LogP contribution in [0, 0.1) is 0 Å². The summed E-state index contributed by atoms with van der Waals surface area (Å²) < 4.78 is 14.5. The van der Waals surface area contributed by atoms with Crippen LogP contribution >= 0.6 is 11.8 Å². The largest absolute Gasteiger partial charge is 0.497 e. The van der Waals surface area contributed by atoms with Crippen LogP contribution in [0.3, 0.4) is 0 Å². The molecule has 0 saturated carbocycles. The maximum atomic E-state index is 12.6. The first-order chi connectivity index (χ1) is 13.4. The Labute approximate surface area is 167 Å². The Bertz CT molecular complexity index is 831. The average Bonchev–Trinajstić information content (AvgIpc) is 2.72. The van der Waals surface area contributed by atoms with Gasteiger partial charge in [0.15, 0.2) is 0 Å². The van der Waals surface area contributed by atoms with Crippen LogP contribution in [-0.4, -0.2) is 44.4 Å². The number of methoxy groups -OCH3 is 3. The zero-order valence-corrected chi connectivity index (χ0v) is 16.8. The summed E-state index contributed by atoms with van der Waals surface area (Å²) >= 11 is 1.37. The van der Waals surface area contributed by atoms with Crippen molar-refractivity contribution < 1.29 is 28.6 Å². The van der Waals surface area contributed by atoms with Gasteiger partial charge in [-0.05, 0) is 49.4 Å². The van der Waals surface area contributed by atoms with E-state index in [9.17, 15) is 14.4 Å². The van der Waals surface area contributed by atoms with Crippen molar-refractivity contribution in [3.63, 3.8) is 0 Å². The van der Waals surface area contributed by atoms with Gasteiger partial charge in [-0.15, -0.1) is 11.8 Å². The number of nitrogens with one attached hydrogen (secondary N) is 1. The minimum atomic E-state index is -0.623. The van der Waals surface area contributed by atoms with Crippen molar-refractivity contribution in [1.82, 2.24) is 0 Å². The molecule has 0 radical (unpaired) electrons. The monoisotopic (exact) mass is 403 g/mol. The van der Waals surface area contributed by atoms with Crippen LogP contribution in [0.4, 0.5) is 5.69 Å². The zero-order valence-electron chi connectivity index (χ0n) is 16.0. The first-order valence-corrected chi connectivity index (χ1v) is 9.19. The summed E-state index contributed by atoms with van der Waals surface area (Å²) in [4.78, 5) is 37.1. The van der Waals surface area contributed by atoms with E-state index < -0.39 is 17.2 Å². The summed E-state index contributed by atoms with van der Waals surface area (Å²) in [5, 5.41) is 2.30. The molecule has 8 heteroatoms. The van der Waals surface area contributed by atoms with Gasteiger partial charge in [0, 0.05) is 10.6 Å². The van der Waals surface area contributed by atoms with E-state index in [1.807, 2.05) is 24.3 Å². The van der Waals surface area contributed by atoms with Crippen LogP contribution < -0.4 is 10.1 Å². The third-order valence-electron chi connectivity index (χ3n) is 3.78. The molecule has 2 aromatic rings. The van der Waals surface area contributed by atoms with E-state index in [4.69, 9.17) is 14.2 Å². The second kappa shape index (κ2) is 9.80. The molecule has 1 atom stereocenters. The Morgan fingerprint density at radius 3 is 1.89 bits per heavy atom. The van der Waals surface area contributed by atoms with Crippen molar-refractivity contribution >= 4 is 35.3 Å². The fraction of sp³-hybridized carbons (Fsp3) is 0.250. The molecule has 0 aliphatic rings. The van der Waals surface area contributed by atoms with Crippen molar-refractivity contribution in [2.45, 2.75) is 17.1 Å². The lowest BCUT2D eigenvalue weighted by Gasteiger charge is -2.14. The van der Waals surface area contributed by atoms with Gasteiger partial charge in [-0.2, -0.15) is 0 Å². The molecule has 7 nitrogen and oxygen atoms in total. The SMILES string of the molecule is COC(=O)c1cc(NC(=O)[C@H](C)Sc2ccc(OC)cc2)cc(C(=O)OC)c1. The van der Waals surface area contributed by atoms with E-state index in [1.54, 1.807) is 14.0 Å². The van der Waals surface area contributed by atoms with E-state index in [-0.39, 0.29) is 17.0 Å². The first kappa shape index (κ1) is 21.3. The minimum absolute atomic E-state index is 0.135. The third kappa shape index (κ3) is 5.50. The highest BCUT2D eigenvalue weighted by molar-refractivity contribution is 8.00. The molecule has 0 bridgehead atoms. The number of amides is 1. The molecular weight excluding hydrogens is 382 g/mol. The number of anilines is 1. The summed E-state index contributed by atoms with van der Waals surface area (Å²) in [7, 11) is 4.06. The maximum absolute atomic E-state index is 12.6. The second-order valence-corrected chi connectivity index (χ2v) is 7.12. The van der Waals surface area contributed by atoms with Gasteiger partial charge < -0.3 is 19.5 Å². The van der Waals surface area contributed by atoms with Gasteiger partial charge in [-0.25, -0.2) is 9.59 Å². The molecule has 0 aliphatic carbocycles. The Balaban J connectivity index is 2.16. The number of ether oxygens (including phenoxy) is 3. The molecule has 1 amide bonds. The summed E-state index contributed by atoms with van der Waals surface area (Å²) in [5.74, 6) is -0.793. The van der Waals surface area contributed by atoms with Crippen LogP contribution in [0.2, 0.25) is 0 Å². The molecule has 0 aliphatic heterocycles. The Kier molecular flexibility index (Phi) is 7.45. The van der Waals surface area contributed by atoms with Crippen LogP contribution in [0.15, 0.2) is 47.4 Å². The molecule has 0 unspecified atom stereocenters. The number of rotatable bonds is 7. The van der Waals surface area contributed by atoms with Gasteiger partial charge in [0.05, 0.1) is 37.7 Å². The predicted octanol–water partition coefficient (Wildman–Crippen LogP) is 3.39. The molecule has 1 N–H and O–H groups in total. The quantitative estimate of drug-likeness (QED) is 0.560. The molecule has 148 valence electrons. The van der Waals surface area contributed by atoms with Crippen LogP contribution in [0.5, 0.6) is 5.75 Å². The highest BCUT2D eigenvalue weighted by Crippen LogP contribution is 2.26. The molecule has 0 spiro atoms. The van der Waals surface area contributed by atoms with Gasteiger partial charge in [-0.3, -0.25) is 4.79 Å². The molecular formula is C20H21NO6S. The Morgan fingerprint density at radius 1 is 0.893 bits per heavy atom. The number of carbonyl (C=O) groups excluding carboxylic acids is 3. The van der Waals surface area contributed by atoms with Crippen LogP contribution in [0.1, 0.15) is 27.6 Å². The van der Waals surface area contributed by atoms with E-state index in [0.29, 0.717) is 5.69 Å². The standard InChI is InChI=1S/C20H21NO6S/c1-12(28-17-7-5-16(25-2)6-8-17)18(22)21-15-10-13(19(23)26-3)9-14(11-15)20(24)27-4/h5-12H,1-4H3,(H,21,22)/t12-/m0/s1. The number of hydrogen-bond donors (Lipinski definition) is 1. The summed E-state index contributed by atoms with van der Waals surface area (Å²) in [6.45, 7) is 1.76. The molecule has 2 rings (SSSR count). The fourth-order valence-electron chi connectivity index (χ4n) is 2.33. The molecule has 28 heavy (non-hydrogen) atoms. The molecule has 0 saturated heterocycles. The third-order valence-corrected chi connectivity index (χ3v) is 4.90. The van der Waals surface area contributed by atoms with E-state index in [0.717, 1.165) is 10.6 Å². The number of hydrogen-bond acceptors (Lipinski definition) is 7. The highest BCUT2D eigenvalue weighted by atomic mass is 32.2. The normalized spacial score (nSPS) is 11.3. The van der Waals surface area contributed by atoms with E-state index in [2.05, 4.69) is 5.32 Å². The lowest BCUT2D eigenvalue weighted by atomic mass is 10.1. The topological polar surface area (TPSA) is 90.9 Å². The number of thioether (sulfide) groups is 1. The molecule has 0 heterocycles. The lowest BCUT2D eigenvalue weighted by Crippen LogP contribution is -2.23. The smallest absolute Gasteiger partial charge is 0.337 e. The highest BCUT2D eigenvalue weighted by Gasteiger charge is 2.18. The molecule has 0 fully saturated rings. The number of carbonyl (C=O) groups is 3. The van der Waals surface area contributed by atoms with Gasteiger partial charge in [0.25, 0.3) is 0 Å². The van der Waals surface area contributed by atoms with Crippen LogP contribution in [-0.2, 0) is 14.3 Å². The predicted molar refractivity (Wildman–Crippen MR) is 106 cm³/mol. The summed E-state index contributed by atoms with van der Waals surface area (Å²) in [5.41, 5.74) is 0.572. The second-order valence-electron chi connectivity index (χ2n) is 5.71. The first-order valence-electron chi connectivity index (χ1n) is 8.31.